The molecular weight excluding hydrogens is 232 g/mol. The van der Waals surface area contributed by atoms with E-state index in [1.165, 1.54) is 0 Å². The quantitative estimate of drug-likeness (QED) is 0.373. The van der Waals surface area contributed by atoms with Gasteiger partial charge in [-0.3, -0.25) is 13.9 Å². The van der Waals surface area contributed by atoms with Crippen molar-refractivity contribution in [1.82, 2.24) is 4.90 Å². The molecule has 0 rings (SSSR count). The zero-order valence-corrected chi connectivity index (χ0v) is 9.73. The van der Waals surface area contributed by atoms with E-state index in [9.17, 15) is 0 Å². The Hall–Kier alpha value is 0.580. The van der Waals surface area contributed by atoms with E-state index in [-0.39, 0.29) is 19.5 Å². The van der Waals surface area contributed by atoms with Gasteiger partial charge in [-0.05, 0) is 13.8 Å². The number of rotatable bonds is 7. The van der Waals surface area contributed by atoms with E-state index in [1.807, 2.05) is 13.8 Å². The lowest BCUT2D eigenvalue weighted by molar-refractivity contribution is 0.0205. The van der Waals surface area contributed by atoms with Gasteiger partial charge in [-0.2, -0.15) is 0 Å². The zero-order valence-electron chi connectivity index (χ0n) is 7.94. The molecule has 7 nitrogen and oxygen atoms in total. The van der Waals surface area contributed by atoms with Crippen LogP contribution in [0.4, 0.5) is 0 Å². The summed E-state index contributed by atoms with van der Waals surface area (Å²) in [7, 11) is -4.80. The molecule has 86 valence electrons. The molecular formula is C5H15NO6P2. The summed E-state index contributed by atoms with van der Waals surface area (Å²) in [6.07, 6.45) is 0. The highest BCUT2D eigenvalue weighted by atomic mass is 31.2. The van der Waals surface area contributed by atoms with Gasteiger partial charge in [0.25, 0.3) is 0 Å². The highest BCUT2D eigenvalue weighted by molar-refractivity contribution is 7.39. The van der Waals surface area contributed by atoms with Crippen LogP contribution in [0.15, 0.2) is 0 Å². The van der Waals surface area contributed by atoms with E-state index < -0.39 is 17.2 Å². The molecule has 0 aromatic heterocycles. The second-order valence-corrected chi connectivity index (χ2v) is 4.23. The summed E-state index contributed by atoms with van der Waals surface area (Å²) in [4.78, 5) is 35.5. The molecule has 0 spiro atoms. The van der Waals surface area contributed by atoms with Gasteiger partial charge < -0.3 is 19.6 Å². The molecule has 0 unspecified atom stereocenters. The van der Waals surface area contributed by atoms with Crippen molar-refractivity contribution in [3.63, 3.8) is 0 Å². The molecule has 0 heterocycles. The Balaban J connectivity index is 3.78. The molecule has 0 aromatic rings. The topological polar surface area (TPSA) is 103 Å². The Morgan fingerprint density at radius 3 is 1.57 bits per heavy atom. The van der Waals surface area contributed by atoms with Crippen LogP contribution in [0.5, 0.6) is 0 Å². The van der Waals surface area contributed by atoms with Crippen molar-refractivity contribution in [3.8, 4) is 0 Å². The third-order valence-corrected chi connectivity index (χ3v) is 2.10. The normalized spacial score (nSPS) is 12.4. The minimum atomic E-state index is -2.40. The van der Waals surface area contributed by atoms with E-state index in [2.05, 4.69) is 9.05 Å². The zero-order chi connectivity index (χ0) is 11.1. The fraction of sp³-hybridized carbons (Fsp3) is 1.00. The Bertz CT molecular complexity index is 134. The van der Waals surface area contributed by atoms with Crippen LogP contribution in [-0.2, 0) is 9.05 Å². The van der Waals surface area contributed by atoms with Crippen molar-refractivity contribution >= 4 is 17.2 Å². The summed E-state index contributed by atoms with van der Waals surface area (Å²) in [6.45, 7) is 3.58. The second-order valence-electron chi connectivity index (χ2n) is 2.70. The molecule has 0 amide bonds. The lowest BCUT2D eigenvalue weighted by atomic mass is 10.4. The summed E-state index contributed by atoms with van der Waals surface area (Å²) >= 11 is 0. The molecule has 0 aliphatic rings. The first kappa shape index (κ1) is 14.6. The van der Waals surface area contributed by atoms with Gasteiger partial charge in [0.2, 0.25) is 0 Å². The summed E-state index contributed by atoms with van der Waals surface area (Å²) in [5.41, 5.74) is 0. The number of hydrogen-bond donors (Lipinski definition) is 4. The summed E-state index contributed by atoms with van der Waals surface area (Å²) in [6, 6.07) is 0.0277. The summed E-state index contributed by atoms with van der Waals surface area (Å²) in [5, 5.41) is 0. The summed E-state index contributed by atoms with van der Waals surface area (Å²) < 4.78 is 9.13. The standard InChI is InChI=1S/C5H15NO6P2/c1-5(2)6(3-11-13(7)8)4-12-14(9)10/h5,7-10H,3-4H2,1-2H3. The highest BCUT2D eigenvalue weighted by Crippen LogP contribution is 2.27. The molecule has 4 N–H and O–H groups in total. The lowest BCUT2D eigenvalue weighted by Crippen LogP contribution is -2.34. The Morgan fingerprint density at radius 2 is 1.36 bits per heavy atom. The average Bonchev–Trinajstić information content (AvgIpc) is 2.02. The van der Waals surface area contributed by atoms with Crippen LogP contribution in [0.1, 0.15) is 13.8 Å². The van der Waals surface area contributed by atoms with Crippen LogP contribution in [0.25, 0.3) is 0 Å². The molecule has 0 radical (unpaired) electrons. The van der Waals surface area contributed by atoms with Crippen LogP contribution in [0.2, 0.25) is 0 Å². The fourth-order valence-corrected chi connectivity index (χ4v) is 1.09. The maximum absolute atomic E-state index is 8.50. The van der Waals surface area contributed by atoms with Crippen LogP contribution in [0, 0.1) is 0 Å². The van der Waals surface area contributed by atoms with Gasteiger partial charge in [-0.25, -0.2) is 0 Å². The number of hydrogen-bond acceptors (Lipinski definition) is 7. The molecule has 0 saturated carbocycles. The van der Waals surface area contributed by atoms with E-state index in [0.29, 0.717) is 0 Å². The van der Waals surface area contributed by atoms with Gasteiger partial charge in [0.1, 0.15) is 13.5 Å². The van der Waals surface area contributed by atoms with Gasteiger partial charge in [0.15, 0.2) is 0 Å². The average molecular weight is 247 g/mol. The summed E-state index contributed by atoms with van der Waals surface area (Å²) in [5.74, 6) is 0. The predicted octanol–water partition coefficient (Wildman–Crippen LogP) is 0.0680. The minimum Gasteiger partial charge on any atom is -0.328 e. The van der Waals surface area contributed by atoms with Crippen molar-refractivity contribution in [2.24, 2.45) is 0 Å². The van der Waals surface area contributed by atoms with Crippen LogP contribution >= 0.6 is 17.2 Å². The van der Waals surface area contributed by atoms with Crippen molar-refractivity contribution < 1.29 is 28.6 Å². The molecule has 0 saturated heterocycles. The van der Waals surface area contributed by atoms with E-state index >= 15 is 0 Å². The van der Waals surface area contributed by atoms with E-state index in [0.717, 1.165) is 0 Å². The molecule has 0 aliphatic heterocycles. The van der Waals surface area contributed by atoms with Crippen molar-refractivity contribution in [2.75, 3.05) is 13.5 Å². The molecule has 0 fully saturated rings. The van der Waals surface area contributed by atoms with Gasteiger partial charge in [-0.1, -0.05) is 0 Å². The van der Waals surface area contributed by atoms with Crippen molar-refractivity contribution in [3.05, 3.63) is 0 Å². The molecule has 0 aliphatic carbocycles. The van der Waals surface area contributed by atoms with E-state index in [1.54, 1.807) is 4.90 Å². The van der Waals surface area contributed by atoms with Crippen LogP contribution < -0.4 is 0 Å². The maximum Gasteiger partial charge on any atom is 0.328 e. The molecule has 0 aromatic carbocycles. The highest BCUT2D eigenvalue weighted by Gasteiger charge is 2.13. The first-order chi connectivity index (χ1) is 6.43. The van der Waals surface area contributed by atoms with Gasteiger partial charge in [0.05, 0.1) is 0 Å². The van der Waals surface area contributed by atoms with Gasteiger partial charge >= 0.3 is 17.2 Å². The first-order valence-corrected chi connectivity index (χ1v) is 6.12. The molecule has 0 bridgehead atoms. The number of nitrogens with zero attached hydrogens (tertiary/aromatic N) is 1. The Kier molecular flexibility index (Phi) is 8.14. The Labute approximate surface area is 84.9 Å². The third-order valence-electron chi connectivity index (χ3n) is 1.41. The third kappa shape index (κ3) is 7.94. The van der Waals surface area contributed by atoms with Gasteiger partial charge in [-0.15, -0.1) is 0 Å². The van der Waals surface area contributed by atoms with E-state index in [4.69, 9.17) is 19.6 Å². The first-order valence-electron chi connectivity index (χ1n) is 3.79. The minimum absolute atomic E-state index is 0.0277. The molecule has 14 heavy (non-hydrogen) atoms. The monoisotopic (exact) mass is 247 g/mol. The smallest absolute Gasteiger partial charge is 0.328 e. The fourth-order valence-electron chi connectivity index (χ4n) is 0.587. The maximum atomic E-state index is 8.50. The lowest BCUT2D eigenvalue weighted by Gasteiger charge is -2.25. The van der Waals surface area contributed by atoms with Crippen LogP contribution in [-0.4, -0.2) is 44.0 Å². The predicted molar refractivity (Wildman–Crippen MR) is 51.6 cm³/mol. The molecule has 0 atom stereocenters. The largest absolute Gasteiger partial charge is 0.328 e. The second kappa shape index (κ2) is 7.82. The van der Waals surface area contributed by atoms with Gasteiger partial charge in [0, 0.05) is 6.04 Å². The van der Waals surface area contributed by atoms with Crippen molar-refractivity contribution in [2.45, 2.75) is 19.9 Å². The van der Waals surface area contributed by atoms with Crippen molar-refractivity contribution in [1.29, 1.82) is 0 Å². The molecule has 9 heteroatoms. The SMILES string of the molecule is CC(C)N(COP(O)O)COP(O)O. The Morgan fingerprint density at radius 1 is 1.00 bits per heavy atom. The van der Waals surface area contributed by atoms with Crippen LogP contribution in [0.3, 0.4) is 0 Å².